The molecule has 0 aliphatic carbocycles. The number of carbonyl (C=O) groups excluding carboxylic acids is 1. The van der Waals surface area contributed by atoms with Gasteiger partial charge < -0.3 is 4.90 Å². The fraction of sp³-hybridized carbons (Fsp3) is 0.375. The zero-order valence-electron chi connectivity index (χ0n) is 17.8. The third-order valence-electron chi connectivity index (χ3n) is 5.68. The summed E-state index contributed by atoms with van der Waals surface area (Å²) in [7, 11) is 0. The summed E-state index contributed by atoms with van der Waals surface area (Å²) in [5.41, 5.74) is 3.20. The normalized spacial score (nSPS) is 15.9. The molecular weight excluding hydrogens is 392 g/mol. The molecule has 1 aliphatic rings. The largest absolute Gasteiger partial charge is 0.342 e. The van der Waals surface area contributed by atoms with Gasteiger partial charge in [-0.3, -0.25) is 9.36 Å². The lowest BCUT2D eigenvalue weighted by Crippen LogP contribution is -2.41. The van der Waals surface area contributed by atoms with Crippen molar-refractivity contribution in [1.29, 1.82) is 0 Å². The number of aromatic nitrogens is 3. The van der Waals surface area contributed by atoms with Crippen LogP contribution in [0.2, 0.25) is 0 Å². The van der Waals surface area contributed by atoms with Crippen molar-refractivity contribution >= 4 is 17.7 Å². The molecule has 1 saturated heterocycles. The average Bonchev–Trinajstić information content (AvgIpc) is 3.18. The summed E-state index contributed by atoms with van der Waals surface area (Å²) in [6.07, 6.45) is 2.17. The van der Waals surface area contributed by atoms with E-state index in [1.807, 2.05) is 42.2 Å². The SMILES string of the molecule is Cc1ccc(-n2c(SC(C)C(=O)N3CCC(C)CC3)nnc2-c2ccccc2)cc1. The van der Waals surface area contributed by atoms with Crippen LogP contribution in [0.3, 0.4) is 0 Å². The van der Waals surface area contributed by atoms with Crippen molar-refractivity contribution in [2.75, 3.05) is 13.1 Å². The summed E-state index contributed by atoms with van der Waals surface area (Å²) in [5, 5.41) is 9.49. The maximum atomic E-state index is 13.0. The number of hydrogen-bond acceptors (Lipinski definition) is 4. The molecule has 1 amide bonds. The quantitative estimate of drug-likeness (QED) is 0.546. The van der Waals surface area contributed by atoms with Gasteiger partial charge in [-0.2, -0.15) is 0 Å². The van der Waals surface area contributed by atoms with Gasteiger partial charge in [-0.15, -0.1) is 10.2 Å². The van der Waals surface area contributed by atoms with Gasteiger partial charge in [0.15, 0.2) is 11.0 Å². The van der Waals surface area contributed by atoms with Crippen LogP contribution < -0.4 is 0 Å². The number of hydrogen-bond donors (Lipinski definition) is 0. The molecular formula is C24H28N4OS. The van der Waals surface area contributed by atoms with Crippen LogP contribution in [0.5, 0.6) is 0 Å². The molecule has 0 bridgehead atoms. The summed E-state index contributed by atoms with van der Waals surface area (Å²) in [6.45, 7) is 8.01. The molecule has 1 atom stereocenters. The molecule has 2 heterocycles. The Labute approximate surface area is 182 Å². The second-order valence-corrected chi connectivity index (χ2v) is 9.42. The molecule has 30 heavy (non-hydrogen) atoms. The Kier molecular flexibility index (Phi) is 6.23. The first-order valence-corrected chi connectivity index (χ1v) is 11.4. The third kappa shape index (κ3) is 4.43. The van der Waals surface area contributed by atoms with Crippen LogP contribution >= 0.6 is 11.8 Å². The van der Waals surface area contributed by atoms with E-state index >= 15 is 0 Å². The van der Waals surface area contributed by atoms with Crippen LogP contribution in [0.4, 0.5) is 0 Å². The average molecular weight is 421 g/mol. The van der Waals surface area contributed by atoms with Gasteiger partial charge in [0.1, 0.15) is 0 Å². The van der Waals surface area contributed by atoms with Gasteiger partial charge in [0.25, 0.3) is 0 Å². The highest BCUT2D eigenvalue weighted by Crippen LogP contribution is 2.31. The standard InChI is InChI=1S/C24H28N4OS/c1-17-9-11-21(12-10-17)28-22(20-7-5-4-6-8-20)25-26-24(28)30-19(3)23(29)27-15-13-18(2)14-16-27/h4-12,18-19H,13-16H2,1-3H3. The van der Waals surface area contributed by atoms with Crippen LogP contribution in [-0.4, -0.2) is 43.9 Å². The molecule has 1 unspecified atom stereocenters. The van der Waals surface area contributed by atoms with E-state index in [1.165, 1.54) is 17.3 Å². The Bertz CT molecular complexity index is 992. The highest BCUT2D eigenvalue weighted by Gasteiger charge is 2.27. The topological polar surface area (TPSA) is 51.0 Å². The van der Waals surface area contributed by atoms with Gasteiger partial charge >= 0.3 is 0 Å². The maximum absolute atomic E-state index is 13.0. The predicted octanol–water partition coefficient (Wildman–Crippen LogP) is 4.98. The maximum Gasteiger partial charge on any atom is 0.235 e. The zero-order valence-corrected chi connectivity index (χ0v) is 18.6. The Morgan fingerprint density at radius 2 is 1.70 bits per heavy atom. The Morgan fingerprint density at radius 3 is 2.37 bits per heavy atom. The molecule has 0 spiro atoms. The Morgan fingerprint density at radius 1 is 1.03 bits per heavy atom. The molecule has 1 aromatic heterocycles. The van der Waals surface area contributed by atoms with E-state index in [1.54, 1.807) is 0 Å². The first kappa shape index (κ1) is 20.7. The van der Waals surface area contributed by atoms with Crippen molar-refractivity contribution in [3.63, 3.8) is 0 Å². The molecule has 0 radical (unpaired) electrons. The molecule has 6 heteroatoms. The molecule has 1 fully saturated rings. The molecule has 4 rings (SSSR count). The zero-order chi connectivity index (χ0) is 21.1. The van der Waals surface area contributed by atoms with Crippen LogP contribution in [0.1, 0.15) is 32.3 Å². The predicted molar refractivity (Wildman–Crippen MR) is 122 cm³/mol. The first-order valence-electron chi connectivity index (χ1n) is 10.6. The second kappa shape index (κ2) is 9.04. The van der Waals surface area contributed by atoms with Crippen LogP contribution in [0.25, 0.3) is 17.1 Å². The van der Waals surface area contributed by atoms with Crippen LogP contribution in [0, 0.1) is 12.8 Å². The number of aryl methyl sites for hydroxylation is 1. The van der Waals surface area contributed by atoms with Crippen LogP contribution in [0.15, 0.2) is 59.8 Å². The van der Waals surface area contributed by atoms with Gasteiger partial charge in [-0.25, -0.2) is 0 Å². The number of thioether (sulfide) groups is 1. The number of rotatable bonds is 5. The van der Waals surface area contributed by atoms with Crippen molar-refractivity contribution in [2.24, 2.45) is 5.92 Å². The monoisotopic (exact) mass is 420 g/mol. The van der Waals surface area contributed by atoms with Gasteiger partial charge in [0.05, 0.1) is 5.25 Å². The van der Waals surface area contributed by atoms with E-state index in [4.69, 9.17) is 0 Å². The van der Waals surface area contributed by atoms with Crippen molar-refractivity contribution in [1.82, 2.24) is 19.7 Å². The van der Waals surface area contributed by atoms with E-state index in [2.05, 4.69) is 52.9 Å². The number of carbonyl (C=O) groups is 1. The van der Waals surface area contributed by atoms with Gasteiger partial charge in [-0.1, -0.05) is 66.7 Å². The highest BCUT2D eigenvalue weighted by atomic mass is 32.2. The van der Waals surface area contributed by atoms with Crippen molar-refractivity contribution in [3.05, 3.63) is 60.2 Å². The van der Waals surface area contributed by atoms with E-state index < -0.39 is 0 Å². The van der Waals surface area contributed by atoms with E-state index in [0.29, 0.717) is 5.92 Å². The lowest BCUT2D eigenvalue weighted by molar-refractivity contribution is -0.131. The summed E-state index contributed by atoms with van der Waals surface area (Å²) in [4.78, 5) is 15.0. The van der Waals surface area contributed by atoms with Gasteiger partial charge in [0, 0.05) is 24.3 Å². The molecule has 156 valence electrons. The Hall–Kier alpha value is -2.60. The smallest absolute Gasteiger partial charge is 0.235 e. The first-order chi connectivity index (χ1) is 14.5. The summed E-state index contributed by atoms with van der Waals surface area (Å²) >= 11 is 1.49. The fourth-order valence-corrected chi connectivity index (χ4v) is 4.69. The highest BCUT2D eigenvalue weighted by molar-refractivity contribution is 8.00. The summed E-state index contributed by atoms with van der Waals surface area (Å²) in [6, 6.07) is 18.4. The van der Waals surface area contributed by atoms with Crippen LogP contribution in [-0.2, 0) is 4.79 Å². The van der Waals surface area contributed by atoms with Crippen molar-refractivity contribution < 1.29 is 4.79 Å². The molecule has 5 nitrogen and oxygen atoms in total. The number of piperidine rings is 1. The molecule has 2 aromatic carbocycles. The van der Waals surface area contributed by atoms with Gasteiger partial charge in [-0.05, 0) is 44.7 Å². The van der Waals surface area contributed by atoms with E-state index in [-0.39, 0.29) is 11.2 Å². The molecule has 1 aliphatic heterocycles. The lowest BCUT2D eigenvalue weighted by atomic mass is 9.99. The lowest BCUT2D eigenvalue weighted by Gasteiger charge is -2.32. The number of nitrogens with zero attached hydrogens (tertiary/aromatic N) is 4. The number of amides is 1. The number of benzene rings is 2. The van der Waals surface area contributed by atoms with E-state index in [0.717, 1.165) is 48.2 Å². The van der Waals surface area contributed by atoms with Gasteiger partial charge in [0.2, 0.25) is 5.91 Å². The third-order valence-corrected chi connectivity index (χ3v) is 6.71. The minimum Gasteiger partial charge on any atom is -0.342 e. The van der Waals surface area contributed by atoms with Crippen molar-refractivity contribution in [2.45, 2.75) is 44.0 Å². The summed E-state index contributed by atoms with van der Waals surface area (Å²) < 4.78 is 2.06. The minimum absolute atomic E-state index is 0.187. The molecule has 3 aromatic rings. The van der Waals surface area contributed by atoms with Crippen molar-refractivity contribution in [3.8, 4) is 17.1 Å². The number of likely N-dealkylation sites (tertiary alicyclic amines) is 1. The molecule has 0 N–H and O–H groups in total. The van der Waals surface area contributed by atoms with E-state index in [9.17, 15) is 4.79 Å². The fourth-order valence-electron chi connectivity index (χ4n) is 3.74. The minimum atomic E-state index is -0.213. The second-order valence-electron chi connectivity index (χ2n) is 8.11. The molecule has 0 saturated carbocycles. The Balaban J connectivity index is 1.63. The summed E-state index contributed by atoms with van der Waals surface area (Å²) in [5.74, 6) is 1.68.